The number of para-hydroxylation sites is 1. The van der Waals surface area contributed by atoms with Crippen molar-refractivity contribution in [3.05, 3.63) is 65.9 Å². The number of furan rings is 1. The van der Waals surface area contributed by atoms with Crippen LogP contribution in [0.1, 0.15) is 30.1 Å². The topological polar surface area (TPSA) is 91.9 Å². The van der Waals surface area contributed by atoms with Gasteiger partial charge in [0, 0.05) is 38.9 Å². The molecule has 0 bridgehead atoms. The monoisotopic (exact) mass is 485 g/mol. The zero-order valence-corrected chi connectivity index (χ0v) is 20.8. The predicted octanol–water partition coefficient (Wildman–Crippen LogP) is 2.82. The third-order valence-electron chi connectivity index (χ3n) is 6.32. The van der Waals surface area contributed by atoms with E-state index >= 15 is 0 Å². The summed E-state index contributed by atoms with van der Waals surface area (Å²) in [6, 6.07) is 13.0. The van der Waals surface area contributed by atoms with Crippen molar-refractivity contribution in [2.24, 2.45) is 0 Å². The first-order chi connectivity index (χ1) is 16.2. The number of rotatable bonds is 7. The van der Waals surface area contributed by atoms with Crippen molar-refractivity contribution in [3.63, 3.8) is 0 Å². The van der Waals surface area contributed by atoms with E-state index < -0.39 is 16.1 Å². The highest BCUT2D eigenvalue weighted by Crippen LogP contribution is 2.27. The minimum Gasteiger partial charge on any atom is -0.468 e. The van der Waals surface area contributed by atoms with Crippen molar-refractivity contribution < 1.29 is 17.6 Å². The molecule has 182 valence electrons. The van der Waals surface area contributed by atoms with Crippen LogP contribution < -0.4 is 4.90 Å². The van der Waals surface area contributed by atoms with Gasteiger partial charge in [0.1, 0.15) is 16.7 Å². The molecule has 3 aromatic rings. The van der Waals surface area contributed by atoms with Crippen LogP contribution in [0, 0.1) is 13.8 Å². The number of aryl methyl sites for hydroxylation is 1. The Hall–Kier alpha value is -3.11. The van der Waals surface area contributed by atoms with Crippen LogP contribution in [0.15, 0.2) is 58.0 Å². The fourth-order valence-corrected chi connectivity index (χ4v) is 5.94. The molecule has 1 saturated heterocycles. The zero-order valence-electron chi connectivity index (χ0n) is 20.0. The molecule has 34 heavy (non-hydrogen) atoms. The molecular weight excluding hydrogens is 454 g/mol. The fraction of sp³-hybridized carbons (Fsp3) is 0.417. The standard InChI is InChI=1S/C24H31N5O4S/c1-18-23(34(31,32)26(4)17-22-11-8-16-33-22)19(2)29(25-18)20(3)24(30)28-14-12-27(13-15-28)21-9-6-5-7-10-21/h5-11,16,20H,12-15,17H2,1-4H3/t20-/m0/s1. The quantitative estimate of drug-likeness (QED) is 0.511. The second-order valence-corrected chi connectivity index (χ2v) is 10.6. The number of benzene rings is 1. The van der Waals surface area contributed by atoms with E-state index in [2.05, 4.69) is 22.1 Å². The molecule has 4 rings (SSSR count). The Balaban J connectivity index is 1.48. The van der Waals surface area contributed by atoms with E-state index in [1.807, 2.05) is 23.1 Å². The zero-order chi connectivity index (χ0) is 24.5. The Morgan fingerprint density at radius 2 is 1.76 bits per heavy atom. The van der Waals surface area contributed by atoms with Crippen LogP contribution >= 0.6 is 0 Å². The Labute approximate surface area is 200 Å². The number of hydrogen-bond donors (Lipinski definition) is 0. The van der Waals surface area contributed by atoms with Gasteiger partial charge < -0.3 is 14.2 Å². The van der Waals surface area contributed by atoms with Gasteiger partial charge in [-0.3, -0.25) is 9.48 Å². The number of hydrogen-bond acceptors (Lipinski definition) is 6. The minimum absolute atomic E-state index is 0.0637. The maximum Gasteiger partial charge on any atom is 0.247 e. The number of carbonyl (C=O) groups is 1. The number of anilines is 1. The first-order valence-electron chi connectivity index (χ1n) is 11.3. The Morgan fingerprint density at radius 1 is 1.09 bits per heavy atom. The van der Waals surface area contributed by atoms with Gasteiger partial charge in [0.25, 0.3) is 0 Å². The number of piperazine rings is 1. The fourth-order valence-electron chi connectivity index (χ4n) is 4.45. The molecule has 2 aromatic heterocycles. The second kappa shape index (κ2) is 9.63. The maximum atomic E-state index is 13.3. The molecular formula is C24H31N5O4S. The molecule has 3 heterocycles. The Morgan fingerprint density at radius 3 is 2.38 bits per heavy atom. The van der Waals surface area contributed by atoms with Gasteiger partial charge in [-0.25, -0.2) is 8.42 Å². The van der Waals surface area contributed by atoms with Gasteiger partial charge in [0.05, 0.1) is 24.2 Å². The van der Waals surface area contributed by atoms with Gasteiger partial charge in [0.15, 0.2) is 0 Å². The first kappa shape index (κ1) is 24.0. The summed E-state index contributed by atoms with van der Waals surface area (Å²) in [5.74, 6) is 0.484. The van der Waals surface area contributed by atoms with Gasteiger partial charge in [0.2, 0.25) is 15.9 Å². The normalized spacial score (nSPS) is 15.7. The second-order valence-electron chi connectivity index (χ2n) is 8.61. The van der Waals surface area contributed by atoms with Crippen molar-refractivity contribution in [1.82, 2.24) is 19.0 Å². The molecule has 0 aliphatic carbocycles. The summed E-state index contributed by atoms with van der Waals surface area (Å²) in [7, 11) is -2.31. The third-order valence-corrected chi connectivity index (χ3v) is 8.38. The van der Waals surface area contributed by atoms with E-state index in [0.29, 0.717) is 30.2 Å². The summed E-state index contributed by atoms with van der Waals surface area (Å²) in [6.07, 6.45) is 1.51. The molecule has 1 atom stereocenters. The molecule has 1 aliphatic heterocycles. The van der Waals surface area contributed by atoms with E-state index in [1.165, 1.54) is 22.3 Å². The minimum atomic E-state index is -3.82. The average molecular weight is 486 g/mol. The Bertz CT molecular complexity index is 1230. The summed E-state index contributed by atoms with van der Waals surface area (Å²) >= 11 is 0. The van der Waals surface area contributed by atoms with Crippen molar-refractivity contribution in [1.29, 1.82) is 0 Å². The van der Waals surface area contributed by atoms with E-state index in [1.54, 1.807) is 32.9 Å². The molecule has 1 amide bonds. The largest absolute Gasteiger partial charge is 0.468 e. The lowest BCUT2D eigenvalue weighted by Gasteiger charge is -2.37. The van der Waals surface area contributed by atoms with E-state index in [9.17, 15) is 13.2 Å². The number of amides is 1. The smallest absolute Gasteiger partial charge is 0.247 e. The molecule has 0 radical (unpaired) electrons. The lowest BCUT2D eigenvalue weighted by molar-refractivity contribution is -0.134. The lowest BCUT2D eigenvalue weighted by Crippen LogP contribution is -2.50. The molecule has 0 saturated carbocycles. The van der Waals surface area contributed by atoms with Crippen LogP contribution in [0.25, 0.3) is 0 Å². The molecule has 1 fully saturated rings. The van der Waals surface area contributed by atoms with Crippen LogP contribution in [0.3, 0.4) is 0 Å². The summed E-state index contributed by atoms with van der Waals surface area (Å²) in [5, 5.41) is 4.46. The van der Waals surface area contributed by atoms with Crippen LogP contribution in [0.2, 0.25) is 0 Å². The number of sulfonamides is 1. The van der Waals surface area contributed by atoms with Crippen LogP contribution in [0.5, 0.6) is 0 Å². The van der Waals surface area contributed by atoms with Gasteiger partial charge in [-0.1, -0.05) is 18.2 Å². The van der Waals surface area contributed by atoms with E-state index in [4.69, 9.17) is 4.42 Å². The number of aromatic nitrogens is 2. The highest BCUT2D eigenvalue weighted by atomic mass is 32.2. The maximum absolute atomic E-state index is 13.3. The highest BCUT2D eigenvalue weighted by molar-refractivity contribution is 7.89. The van der Waals surface area contributed by atoms with Gasteiger partial charge >= 0.3 is 0 Å². The molecule has 1 aliphatic rings. The number of carbonyl (C=O) groups excluding carboxylic acids is 1. The van der Waals surface area contributed by atoms with Crippen LogP contribution in [-0.2, 0) is 21.4 Å². The summed E-state index contributed by atoms with van der Waals surface area (Å²) in [5.41, 5.74) is 1.97. The third kappa shape index (κ3) is 4.60. The molecule has 0 N–H and O–H groups in total. The molecule has 0 unspecified atom stereocenters. The van der Waals surface area contributed by atoms with E-state index in [0.717, 1.165) is 18.8 Å². The van der Waals surface area contributed by atoms with E-state index in [-0.39, 0.29) is 17.3 Å². The first-order valence-corrected chi connectivity index (χ1v) is 12.8. The van der Waals surface area contributed by atoms with Gasteiger partial charge in [-0.2, -0.15) is 9.40 Å². The number of nitrogens with zero attached hydrogens (tertiary/aromatic N) is 5. The summed E-state index contributed by atoms with van der Waals surface area (Å²) < 4.78 is 34.7. The summed E-state index contributed by atoms with van der Waals surface area (Å²) in [4.78, 5) is 17.5. The van der Waals surface area contributed by atoms with Gasteiger partial charge in [-0.15, -0.1) is 0 Å². The van der Waals surface area contributed by atoms with Gasteiger partial charge in [-0.05, 0) is 45.0 Å². The molecule has 1 aromatic carbocycles. The molecule has 0 spiro atoms. The Kier molecular flexibility index (Phi) is 6.81. The lowest BCUT2D eigenvalue weighted by atomic mass is 10.2. The van der Waals surface area contributed by atoms with Crippen LogP contribution in [0.4, 0.5) is 5.69 Å². The van der Waals surface area contributed by atoms with Crippen molar-refractivity contribution in [3.8, 4) is 0 Å². The SMILES string of the molecule is Cc1nn([C@@H](C)C(=O)N2CCN(c3ccccc3)CC2)c(C)c1S(=O)(=O)N(C)Cc1ccco1. The van der Waals surface area contributed by atoms with Crippen LogP contribution in [-0.4, -0.2) is 66.5 Å². The van der Waals surface area contributed by atoms with Crippen molar-refractivity contribution in [2.45, 2.75) is 38.3 Å². The predicted molar refractivity (Wildman–Crippen MR) is 129 cm³/mol. The molecule has 9 nitrogen and oxygen atoms in total. The van der Waals surface area contributed by atoms with Crippen molar-refractivity contribution in [2.75, 3.05) is 38.1 Å². The molecule has 10 heteroatoms. The van der Waals surface area contributed by atoms with Crippen molar-refractivity contribution >= 4 is 21.6 Å². The highest BCUT2D eigenvalue weighted by Gasteiger charge is 2.33. The average Bonchev–Trinajstić information content (AvgIpc) is 3.46. The summed E-state index contributed by atoms with van der Waals surface area (Å²) in [6.45, 7) is 7.95.